The van der Waals surface area contributed by atoms with Crippen LogP contribution >= 0.6 is 34.3 Å². The standard InChI is InChI=1S/C17H11ClN2OS2/c1-20(17-19-11-7-3-5-9-13(11)23-17)16(21)15-14(18)10-6-2-4-8-12(10)22-15/h2-9H,1H3. The molecule has 4 rings (SSSR count). The maximum atomic E-state index is 12.8. The summed E-state index contributed by atoms with van der Waals surface area (Å²) < 4.78 is 2.07. The first-order chi connectivity index (χ1) is 11.1. The van der Waals surface area contributed by atoms with E-state index in [1.54, 1.807) is 11.9 Å². The van der Waals surface area contributed by atoms with Crippen molar-refractivity contribution in [3.05, 3.63) is 58.4 Å². The van der Waals surface area contributed by atoms with Crippen LogP contribution in [0.3, 0.4) is 0 Å². The van der Waals surface area contributed by atoms with E-state index in [0.29, 0.717) is 15.0 Å². The van der Waals surface area contributed by atoms with E-state index >= 15 is 0 Å². The van der Waals surface area contributed by atoms with E-state index in [0.717, 1.165) is 20.3 Å². The topological polar surface area (TPSA) is 33.2 Å². The molecule has 2 aromatic carbocycles. The Kier molecular flexibility index (Phi) is 3.56. The molecule has 0 saturated heterocycles. The number of amides is 1. The number of anilines is 1. The van der Waals surface area contributed by atoms with Crippen LogP contribution in [0.25, 0.3) is 20.3 Å². The summed E-state index contributed by atoms with van der Waals surface area (Å²) in [4.78, 5) is 19.5. The highest BCUT2D eigenvalue weighted by molar-refractivity contribution is 7.23. The van der Waals surface area contributed by atoms with Crippen LogP contribution in [0.1, 0.15) is 9.67 Å². The largest absolute Gasteiger partial charge is 0.286 e. The summed E-state index contributed by atoms with van der Waals surface area (Å²) in [5.41, 5.74) is 0.898. The van der Waals surface area contributed by atoms with Crippen LogP contribution in [-0.4, -0.2) is 17.9 Å². The second-order valence-electron chi connectivity index (χ2n) is 5.07. The second kappa shape index (κ2) is 5.60. The third-order valence-electron chi connectivity index (χ3n) is 3.60. The molecule has 0 N–H and O–H groups in total. The number of benzene rings is 2. The summed E-state index contributed by atoms with van der Waals surface area (Å²) in [6.07, 6.45) is 0. The Morgan fingerprint density at radius 1 is 1.04 bits per heavy atom. The number of hydrogen-bond donors (Lipinski definition) is 0. The Morgan fingerprint density at radius 2 is 1.74 bits per heavy atom. The van der Waals surface area contributed by atoms with E-state index in [1.165, 1.54) is 22.7 Å². The molecule has 0 aliphatic rings. The highest BCUT2D eigenvalue weighted by Crippen LogP contribution is 2.37. The average Bonchev–Trinajstić information content (AvgIpc) is 3.15. The molecule has 3 nitrogen and oxygen atoms in total. The zero-order chi connectivity index (χ0) is 16.0. The zero-order valence-electron chi connectivity index (χ0n) is 12.1. The number of nitrogens with zero attached hydrogens (tertiary/aromatic N) is 2. The fourth-order valence-electron chi connectivity index (χ4n) is 2.39. The Hall–Kier alpha value is -1.95. The summed E-state index contributed by atoms with van der Waals surface area (Å²) in [5, 5.41) is 2.11. The minimum Gasteiger partial charge on any atom is -0.286 e. The maximum Gasteiger partial charge on any atom is 0.271 e. The molecule has 0 saturated carbocycles. The Morgan fingerprint density at radius 3 is 2.48 bits per heavy atom. The first kappa shape index (κ1) is 14.6. The number of hydrogen-bond acceptors (Lipinski definition) is 4. The smallest absolute Gasteiger partial charge is 0.271 e. The summed E-state index contributed by atoms with van der Waals surface area (Å²) >= 11 is 9.32. The maximum absolute atomic E-state index is 12.8. The molecule has 23 heavy (non-hydrogen) atoms. The van der Waals surface area contributed by atoms with Crippen LogP contribution in [0, 0.1) is 0 Å². The summed E-state index contributed by atoms with van der Waals surface area (Å²) in [6, 6.07) is 15.6. The van der Waals surface area contributed by atoms with Gasteiger partial charge in [-0.2, -0.15) is 0 Å². The van der Waals surface area contributed by atoms with E-state index in [4.69, 9.17) is 11.6 Å². The van der Waals surface area contributed by atoms with Gasteiger partial charge in [-0.25, -0.2) is 4.98 Å². The molecule has 0 bridgehead atoms. The summed E-state index contributed by atoms with van der Waals surface area (Å²) in [5.74, 6) is -0.129. The van der Waals surface area contributed by atoms with Crippen LogP contribution in [0.2, 0.25) is 5.02 Å². The Labute approximate surface area is 145 Å². The highest BCUT2D eigenvalue weighted by Gasteiger charge is 2.23. The predicted octanol–water partition coefficient (Wildman–Crippen LogP) is 5.44. The molecule has 0 radical (unpaired) electrons. The van der Waals surface area contributed by atoms with Crippen LogP contribution in [0.15, 0.2) is 48.5 Å². The number of para-hydroxylation sites is 1. The van der Waals surface area contributed by atoms with Gasteiger partial charge in [0.2, 0.25) is 0 Å². The lowest BCUT2D eigenvalue weighted by Gasteiger charge is -2.12. The highest BCUT2D eigenvalue weighted by atomic mass is 35.5. The number of carbonyl (C=O) groups excluding carboxylic acids is 1. The van der Waals surface area contributed by atoms with Crippen molar-refractivity contribution in [2.75, 3.05) is 11.9 Å². The molecule has 2 heterocycles. The van der Waals surface area contributed by atoms with Crippen molar-refractivity contribution < 1.29 is 4.79 Å². The average molecular weight is 359 g/mol. The van der Waals surface area contributed by atoms with Gasteiger partial charge in [0.15, 0.2) is 5.13 Å². The normalized spacial score (nSPS) is 11.2. The van der Waals surface area contributed by atoms with Gasteiger partial charge in [-0.1, -0.05) is 53.3 Å². The lowest BCUT2D eigenvalue weighted by molar-refractivity contribution is 0.0997. The molecular weight excluding hydrogens is 348 g/mol. The van der Waals surface area contributed by atoms with E-state index in [1.807, 2.05) is 48.5 Å². The monoisotopic (exact) mass is 358 g/mol. The van der Waals surface area contributed by atoms with Gasteiger partial charge in [-0.05, 0) is 18.2 Å². The fourth-order valence-corrected chi connectivity index (χ4v) is 4.81. The summed E-state index contributed by atoms with van der Waals surface area (Å²) in [6.45, 7) is 0. The first-order valence-corrected chi connectivity index (χ1v) is 8.97. The third kappa shape index (κ3) is 2.41. The fraction of sp³-hybridized carbons (Fsp3) is 0.0588. The molecule has 4 aromatic rings. The number of thiophene rings is 1. The van der Waals surface area contributed by atoms with Gasteiger partial charge in [0.1, 0.15) is 4.88 Å². The van der Waals surface area contributed by atoms with Crippen molar-refractivity contribution in [1.29, 1.82) is 0 Å². The van der Waals surface area contributed by atoms with Gasteiger partial charge in [0.25, 0.3) is 5.91 Å². The Balaban J connectivity index is 1.76. The van der Waals surface area contributed by atoms with Crippen LogP contribution in [0.5, 0.6) is 0 Å². The van der Waals surface area contributed by atoms with Gasteiger partial charge in [-0.3, -0.25) is 9.69 Å². The van der Waals surface area contributed by atoms with Crippen LogP contribution in [-0.2, 0) is 0 Å². The van der Waals surface area contributed by atoms with Crippen molar-refractivity contribution in [1.82, 2.24) is 4.98 Å². The molecule has 0 spiro atoms. The molecular formula is C17H11ClN2OS2. The van der Waals surface area contributed by atoms with E-state index < -0.39 is 0 Å². The van der Waals surface area contributed by atoms with Crippen LogP contribution < -0.4 is 4.90 Å². The van der Waals surface area contributed by atoms with E-state index in [-0.39, 0.29) is 5.91 Å². The van der Waals surface area contributed by atoms with Gasteiger partial charge in [0, 0.05) is 17.1 Å². The zero-order valence-corrected chi connectivity index (χ0v) is 14.5. The summed E-state index contributed by atoms with van der Waals surface area (Å²) in [7, 11) is 1.74. The van der Waals surface area contributed by atoms with Gasteiger partial charge in [-0.15, -0.1) is 11.3 Å². The molecule has 2 aromatic heterocycles. The van der Waals surface area contributed by atoms with E-state index in [9.17, 15) is 4.79 Å². The number of halogens is 1. The van der Waals surface area contributed by atoms with Gasteiger partial charge in [0.05, 0.1) is 15.2 Å². The number of carbonyl (C=O) groups is 1. The number of rotatable bonds is 2. The molecule has 114 valence electrons. The van der Waals surface area contributed by atoms with Gasteiger partial charge < -0.3 is 0 Å². The van der Waals surface area contributed by atoms with Crippen molar-refractivity contribution >= 4 is 65.6 Å². The van der Waals surface area contributed by atoms with Crippen molar-refractivity contribution in [3.8, 4) is 0 Å². The van der Waals surface area contributed by atoms with Gasteiger partial charge >= 0.3 is 0 Å². The van der Waals surface area contributed by atoms with Crippen molar-refractivity contribution in [2.45, 2.75) is 0 Å². The minimum absolute atomic E-state index is 0.129. The van der Waals surface area contributed by atoms with Crippen LogP contribution in [0.4, 0.5) is 5.13 Å². The molecule has 0 fully saturated rings. The second-order valence-corrected chi connectivity index (χ2v) is 7.51. The molecule has 6 heteroatoms. The third-order valence-corrected chi connectivity index (χ3v) is 6.38. The molecule has 0 unspecified atom stereocenters. The molecule has 0 aliphatic heterocycles. The quantitative estimate of drug-likeness (QED) is 0.478. The number of aromatic nitrogens is 1. The lowest BCUT2D eigenvalue weighted by atomic mass is 10.2. The van der Waals surface area contributed by atoms with Crippen molar-refractivity contribution in [2.24, 2.45) is 0 Å². The van der Waals surface area contributed by atoms with Crippen molar-refractivity contribution in [3.63, 3.8) is 0 Å². The van der Waals surface area contributed by atoms with E-state index in [2.05, 4.69) is 4.98 Å². The number of thiazole rings is 1. The molecule has 0 aliphatic carbocycles. The first-order valence-electron chi connectivity index (χ1n) is 6.96. The minimum atomic E-state index is -0.129. The molecule has 1 amide bonds. The predicted molar refractivity (Wildman–Crippen MR) is 99.2 cm³/mol. The Bertz CT molecular complexity index is 1000. The lowest BCUT2D eigenvalue weighted by Crippen LogP contribution is -2.25. The number of fused-ring (bicyclic) bond motifs is 2. The SMILES string of the molecule is CN(C(=O)c1sc2ccccc2c1Cl)c1nc2ccccc2s1. The molecule has 0 atom stereocenters.